The smallest absolute Gasteiger partial charge is 0.343 e. The maximum atomic E-state index is 13.1. The number of benzene rings is 3. The van der Waals surface area contributed by atoms with Gasteiger partial charge in [-0.05, 0) is 59.3 Å². The van der Waals surface area contributed by atoms with Crippen LogP contribution >= 0.6 is 0 Å². The third kappa shape index (κ3) is 2.91. The number of hydrogen-bond acceptors (Lipinski definition) is 3. The highest BCUT2D eigenvalue weighted by Crippen LogP contribution is 2.21. The number of esters is 1. The van der Waals surface area contributed by atoms with Crippen molar-refractivity contribution in [1.82, 2.24) is 0 Å². The van der Waals surface area contributed by atoms with Gasteiger partial charge in [0.05, 0.1) is 12.7 Å². The van der Waals surface area contributed by atoms with Gasteiger partial charge in [0.1, 0.15) is 17.3 Å². The van der Waals surface area contributed by atoms with Crippen molar-refractivity contribution in [1.29, 1.82) is 0 Å². The molecule has 0 bridgehead atoms. The predicted octanol–water partition coefficient (Wildman–Crippen LogP) is 4.21. The molecule has 0 aliphatic rings. The largest absolute Gasteiger partial charge is 0.497 e. The molecule has 0 saturated carbocycles. The van der Waals surface area contributed by atoms with Gasteiger partial charge >= 0.3 is 5.97 Å². The number of methoxy groups -OCH3 is 1. The van der Waals surface area contributed by atoms with Crippen LogP contribution in [0, 0.1) is 5.82 Å². The van der Waals surface area contributed by atoms with Crippen LogP contribution in [0.25, 0.3) is 10.8 Å². The summed E-state index contributed by atoms with van der Waals surface area (Å²) in [7, 11) is 1.57. The number of carbonyl (C=O) groups excluding carboxylic acids is 1. The van der Waals surface area contributed by atoms with Gasteiger partial charge in [0.25, 0.3) is 0 Å². The molecule has 0 fully saturated rings. The van der Waals surface area contributed by atoms with Crippen LogP contribution in [0.3, 0.4) is 0 Å². The standard InChI is InChI=1S/C18H13FO3/c1-21-16-6-8-17(9-7-16)22-18(20)14-3-2-13-11-15(19)5-4-12(13)10-14/h2-11H,1H3. The molecular weight excluding hydrogens is 283 g/mol. The van der Waals surface area contributed by atoms with Gasteiger partial charge in [0, 0.05) is 0 Å². The summed E-state index contributed by atoms with van der Waals surface area (Å²) < 4.78 is 23.5. The highest BCUT2D eigenvalue weighted by atomic mass is 19.1. The minimum Gasteiger partial charge on any atom is -0.497 e. The molecule has 0 spiro atoms. The fourth-order valence-corrected chi connectivity index (χ4v) is 2.15. The van der Waals surface area contributed by atoms with Gasteiger partial charge in [-0.3, -0.25) is 0 Å². The van der Waals surface area contributed by atoms with E-state index in [0.717, 1.165) is 10.8 Å². The summed E-state index contributed by atoms with van der Waals surface area (Å²) in [5, 5.41) is 1.52. The number of rotatable bonds is 3. The Hall–Kier alpha value is -2.88. The Morgan fingerprint density at radius 3 is 2.23 bits per heavy atom. The van der Waals surface area contributed by atoms with Gasteiger partial charge in [-0.15, -0.1) is 0 Å². The first kappa shape index (κ1) is 14.1. The minimum atomic E-state index is -0.462. The topological polar surface area (TPSA) is 35.5 Å². The zero-order chi connectivity index (χ0) is 15.5. The van der Waals surface area contributed by atoms with Crippen LogP contribution in [-0.4, -0.2) is 13.1 Å². The Labute approximate surface area is 126 Å². The van der Waals surface area contributed by atoms with E-state index in [-0.39, 0.29) is 5.82 Å². The summed E-state index contributed by atoms with van der Waals surface area (Å²) in [6.07, 6.45) is 0. The number of hydrogen-bond donors (Lipinski definition) is 0. The van der Waals surface area contributed by atoms with Crippen molar-refractivity contribution >= 4 is 16.7 Å². The lowest BCUT2D eigenvalue weighted by Crippen LogP contribution is -2.08. The highest BCUT2D eigenvalue weighted by molar-refractivity contribution is 5.96. The van der Waals surface area contributed by atoms with Crippen LogP contribution in [-0.2, 0) is 0 Å². The van der Waals surface area contributed by atoms with Gasteiger partial charge in [0.2, 0.25) is 0 Å². The Bertz CT molecular complexity index is 825. The van der Waals surface area contributed by atoms with E-state index in [1.54, 1.807) is 55.6 Å². The highest BCUT2D eigenvalue weighted by Gasteiger charge is 2.09. The summed E-state index contributed by atoms with van der Waals surface area (Å²) in [6, 6.07) is 16.2. The number of fused-ring (bicyclic) bond motifs is 1. The quantitative estimate of drug-likeness (QED) is 0.536. The molecule has 0 aliphatic heterocycles. The molecule has 0 unspecified atom stereocenters. The normalized spacial score (nSPS) is 10.5. The molecular formula is C18H13FO3. The van der Waals surface area contributed by atoms with E-state index in [1.807, 2.05) is 0 Å². The molecule has 0 amide bonds. The van der Waals surface area contributed by atoms with Crippen molar-refractivity contribution in [3.8, 4) is 11.5 Å². The van der Waals surface area contributed by atoms with Crippen molar-refractivity contribution in [2.45, 2.75) is 0 Å². The SMILES string of the molecule is COc1ccc(OC(=O)c2ccc3cc(F)ccc3c2)cc1. The molecule has 4 heteroatoms. The van der Waals surface area contributed by atoms with Crippen LogP contribution < -0.4 is 9.47 Å². The van der Waals surface area contributed by atoms with E-state index < -0.39 is 5.97 Å². The van der Waals surface area contributed by atoms with Crippen LogP contribution in [0.5, 0.6) is 11.5 Å². The van der Waals surface area contributed by atoms with Gasteiger partial charge in [-0.25, -0.2) is 9.18 Å². The van der Waals surface area contributed by atoms with Crippen molar-refractivity contribution < 1.29 is 18.7 Å². The molecule has 0 aliphatic carbocycles. The molecule has 0 heterocycles. The monoisotopic (exact) mass is 296 g/mol. The molecule has 3 rings (SSSR count). The van der Waals surface area contributed by atoms with E-state index in [9.17, 15) is 9.18 Å². The average Bonchev–Trinajstić information content (AvgIpc) is 2.55. The van der Waals surface area contributed by atoms with E-state index in [1.165, 1.54) is 12.1 Å². The van der Waals surface area contributed by atoms with E-state index in [0.29, 0.717) is 17.1 Å². The van der Waals surface area contributed by atoms with Crippen molar-refractivity contribution in [3.05, 3.63) is 72.0 Å². The Morgan fingerprint density at radius 2 is 1.50 bits per heavy atom. The molecule has 3 aromatic carbocycles. The fourth-order valence-electron chi connectivity index (χ4n) is 2.15. The van der Waals surface area contributed by atoms with Crippen LogP contribution in [0.2, 0.25) is 0 Å². The second-order valence-electron chi connectivity index (χ2n) is 4.77. The lowest BCUT2D eigenvalue weighted by Gasteiger charge is -2.06. The van der Waals surface area contributed by atoms with Crippen molar-refractivity contribution in [2.75, 3.05) is 7.11 Å². The van der Waals surface area contributed by atoms with Crippen molar-refractivity contribution in [3.63, 3.8) is 0 Å². The zero-order valence-corrected chi connectivity index (χ0v) is 11.9. The summed E-state index contributed by atoms with van der Waals surface area (Å²) >= 11 is 0. The maximum absolute atomic E-state index is 13.1. The van der Waals surface area contributed by atoms with Crippen LogP contribution in [0.4, 0.5) is 4.39 Å². The molecule has 0 saturated heterocycles. The van der Waals surface area contributed by atoms with E-state index >= 15 is 0 Å². The minimum absolute atomic E-state index is 0.305. The summed E-state index contributed by atoms with van der Waals surface area (Å²) in [6.45, 7) is 0. The lowest BCUT2D eigenvalue weighted by molar-refractivity contribution is 0.0735. The van der Waals surface area contributed by atoms with Crippen LogP contribution in [0.15, 0.2) is 60.7 Å². The summed E-state index contributed by atoms with van der Waals surface area (Å²) in [4.78, 5) is 12.2. The van der Waals surface area contributed by atoms with Gasteiger partial charge in [0.15, 0.2) is 0 Å². The predicted molar refractivity (Wildman–Crippen MR) is 81.9 cm³/mol. The Balaban J connectivity index is 1.83. The molecule has 3 nitrogen and oxygen atoms in total. The average molecular weight is 296 g/mol. The van der Waals surface area contributed by atoms with Crippen molar-refractivity contribution in [2.24, 2.45) is 0 Å². The third-order valence-corrected chi connectivity index (χ3v) is 3.31. The lowest BCUT2D eigenvalue weighted by atomic mass is 10.1. The third-order valence-electron chi connectivity index (χ3n) is 3.31. The second-order valence-corrected chi connectivity index (χ2v) is 4.77. The Morgan fingerprint density at radius 1 is 0.864 bits per heavy atom. The number of ether oxygens (including phenoxy) is 2. The summed E-state index contributed by atoms with van der Waals surface area (Å²) in [5.41, 5.74) is 0.412. The first-order chi connectivity index (χ1) is 10.7. The van der Waals surface area contributed by atoms with Gasteiger partial charge < -0.3 is 9.47 Å². The fraction of sp³-hybridized carbons (Fsp3) is 0.0556. The molecule has 110 valence electrons. The molecule has 0 radical (unpaired) electrons. The molecule has 0 atom stereocenters. The number of halogens is 1. The molecule has 0 N–H and O–H groups in total. The number of carbonyl (C=O) groups is 1. The van der Waals surface area contributed by atoms with E-state index in [2.05, 4.69) is 0 Å². The van der Waals surface area contributed by atoms with Gasteiger partial charge in [-0.1, -0.05) is 12.1 Å². The molecule has 3 aromatic rings. The summed E-state index contributed by atoms with van der Waals surface area (Å²) in [5.74, 6) is 0.356. The maximum Gasteiger partial charge on any atom is 0.343 e. The zero-order valence-electron chi connectivity index (χ0n) is 11.9. The molecule has 22 heavy (non-hydrogen) atoms. The van der Waals surface area contributed by atoms with Crippen LogP contribution in [0.1, 0.15) is 10.4 Å². The Kier molecular flexibility index (Phi) is 3.74. The van der Waals surface area contributed by atoms with E-state index in [4.69, 9.17) is 9.47 Å². The first-order valence-corrected chi connectivity index (χ1v) is 6.71. The van der Waals surface area contributed by atoms with Gasteiger partial charge in [-0.2, -0.15) is 0 Å². The molecule has 0 aromatic heterocycles. The first-order valence-electron chi connectivity index (χ1n) is 6.71. The second kappa shape index (κ2) is 5.85.